The summed E-state index contributed by atoms with van der Waals surface area (Å²) in [4.78, 5) is 0. The number of benzene rings is 1. The summed E-state index contributed by atoms with van der Waals surface area (Å²) in [6.45, 7) is 0.141. The van der Waals surface area contributed by atoms with Gasteiger partial charge in [0, 0.05) is 12.6 Å². The second-order valence-electron chi connectivity index (χ2n) is 3.30. The van der Waals surface area contributed by atoms with Gasteiger partial charge in [0.1, 0.15) is 5.82 Å². The molecule has 0 heterocycles. The molecule has 0 fully saturated rings. The number of halogens is 1. The zero-order valence-corrected chi connectivity index (χ0v) is 7.86. The fraction of sp³-hybridized carbons (Fsp3) is 0.400. The molecule has 0 saturated carbocycles. The number of hydrogen-bond donors (Lipinski definition) is 3. The third-order valence-corrected chi connectivity index (χ3v) is 2.12. The Labute approximate surface area is 82.5 Å². The van der Waals surface area contributed by atoms with Gasteiger partial charge in [0.05, 0.1) is 6.10 Å². The maximum atomic E-state index is 12.5. The van der Waals surface area contributed by atoms with E-state index in [2.05, 4.69) is 0 Å². The highest BCUT2D eigenvalue weighted by Gasteiger charge is 2.12. The van der Waals surface area contributed by atoms with E-state index >= 15 is 0 Å². The number of rotatable bonds is 4. The highest BCUT2D eigenvalue weighted by Crippen LogP contribution is 2.06. The molecular weight excluding hydrogens is 183 g/mol. The van der Waals surface area contributed by atoms with Crippen LogP contribution in [0.3, 0.4) is 0 Å². The monoisotopic (exact) mass is 198 g/mol. The summed E-state index contributed by atoms with van der Waals surface area (Å²) < 4.78 is 12.5. The fourth-order valence-electron chi connectivity index (χ4n) is 1.20. The molecule has 0 aliphatic heterocycles. The van der Waals surface area contributed by atoms with Crippen molar-refractivity contribution in [3.63, 3.8) is 0 Å². The van der Waals surface area contributed by atoms with Crippen LogP contribution >= 0.6 is 0 Å². The molecule has 0 amide bonds. The molecule has 0 aliphatic carbocycles. The van der Waals surface area contributed by atoms with Crippen LogP contribution in [0.5, 0.6) is 0 Å². The molecule has 78 valence electrons. The van der Waals surface area contributed by atoms with Crippen molar-refractivity contribution in [2.45, 2.75) is 18.6 Å². The molecule has 5 N–H and O–H groups in total. The van der Waals surface area contributed by atoms with Gasteiger partial charge in [0.15, 0.2) is 0 Å². The van der Waals surface area contributed by atoms with Gasteiger partial charge in [-0.3, -0.25) is 0 Å². The van der Waals surface area contributed by atoms with Crippen LogP contribution < -0.4 is 11.5 Å². The molecule has 1 aromatic carbocycles. The van der Waals surface area contributed by atoms with Gasteiger partial charge in [-0.2, -0.15) is 0 Å². The first-order valence-electron chi connectivity index (χ1n) is 4.51. The topological polar surface area (TPSA) is 72.3 Å². The standard InChI is InChI=1S/C10H15FN2O/c11-8-3-1-7(2-4-8)5-9(13)10(14)6-12/h1-4,9-10,14H,5-6,12-13H2. The van der Waals surface area contributed by atoms with Crippen molar-refractivity contribution >= 4 is 0 Å². The van der Waals surface area contributed by atoms with Gasteiger partial charge < -0.3 is 16.6 Å². The van der Waals surface area contributed by atoms with E-state index in [0.29, 0.717) is 6.42 Å². The molecule has 14 heavy (non-hydrogen) atoms. The van der Waals surface area contributed by atoms with E-state index in [1.807, 2.05) is 0 Å². The van der Waals surface area contributed by atoms with Crippen LogP contribution in [0.1, 0.15) is 5.56 Å². The van der Waals surface area contributed by atoms with E-state index in [4.69, 9.17) is 11.5 Å². The van der Waals surface area contributed by atoms with Crippen molar-refractivity contribution in [1.29, 1.82) is 0 Å². The average molecular weight is 198 g/mol. The average Bonchev–Trinajstić information content (AvgIpc) is 2.20. The number of aliphatic hydroxyl groups is 1. The quantitative estimate of drug-likeness (QED) is 0.638. The molecule has 0 spiro atoms. The zero-order valence-electron chi connectivity index (χ0n) is 7.86. The van der Waals surface area contributed by atoms with E-state index in [9.17, 15) is 9.50 Å². The van der Waals surface area contributed by atoms with E-state index in [1.54, 1.807) is 12.1 Å². The highest BCUT2D eigenvalue weighted by molar-refractivity contribution is 5.17. The Bertz CT molecular complexity index is 276. The summed E-state index contributed by atoms with van der Waals surface area (Å²) in [5.41, 5.74) is 11.8. The minimum absolute atomic E-state index is 0.141. The molecule has 0 saturated heterocycles. The Balaban J connectivity index is 2.56. The predicted molar refractivity (Wildman–Crippen MR) is 53.1 cm³/mol. The van der Waals surface area contributed by atoms with Crippen LogP contribution in [0.4, 0.5) is 4.39 Å². The lowest BCUT2D eigenvalue weighted by Gasteiger charge is -2.16. The molecule has 0 radical (unpaired) electrons. The Kier molecular flexibility index (Phi) is 4.00. The lowest BCUT2D eigenvalue weighted by Crippen LogP contribution is -2.41. The van der Waals surface area contributed by atoms with Gasteiger partial charge in [0.2, 0.25) is 0 Å². The summed E-state index contributed by atoms with van der Waals surface area (Å²) in [7, 11) is 0. The molecule has 4 heteroatoms. The Hall–Kier alpha value is -0.970. The Morgan fingerprint density at radius 1 is 1.29 bits per heavy atom. The molecule has 2 atom stereocenters. The van der Waals surface area contributed by atoms with Crippen molar-refractivity contribution in [2.75, 3.05) is 6.54 Å². The van der Waals surface area contributed by atoms with Crippen molar-refractivity contribution in [3.8, 4) is 0 Å². The fourth-order valence-corrected chi connectivity index (χ4v) is 1.20. The van der Waals surface area contributed by atoms with Crippen molar-refractivity contribution in [3.05, 3.63) is 35.6 Å². The first-order valence-corrected chi connectivity index (χ1v) is 4.51. The largest absolute Gasteiger partial charge is 0.390 e. The molecule has 0 bridgehead atoms. The van der Waals surface area contributed by atoms with Crippen LogP contribution in [0.25, 0.3) is 0 Å². The normalized spacial score (nSPS) is 15.1. The molecule has 3 nitrogen and oxygen atoms in total. The molecule has 0 aromatic heterocycles. The molecular formula is C10H15FN2O. The molecule has 0 aliphatic rings. The number of aliphatic hydroxyl groups excluding tert-OH is 1. The van der Waals surface area contributed by atoms with E-state index in [0.717, 1.165) is 5.56 Å². The summed E-state index contributed by atoms with van der Waals surface area (Å²) in [5.74, 6) is -0.276. The number of hydrogen-bond acceptors (Lipinski definition) is 3. The van der Waals surface area contributed by atoms with Gasteiger partial charge in [-0.25, -0.2) is 4.39 Å². The van der Waals surface area contributed by atoms with Crippen LogP contribution in [-0.4, -0.2) is 23.8 Å². The van der Waals surface area contributed by atoms with E-state index in [-0.39, 0.29) is 12.4 Å². The summed E-state index contributed by atoms with van der Waals surface area (Å²) in [6.07, 6.45) is -0.210. The zero-order chi connectivity index (χ0) is 10.6. The smallest absolute Gasteiger partial charge is 0.123 e. The van der Waals surface area contributed by atoms with Crippen molar-refractivity contribution < 1.29 is 9.50 Å². The Morgan fingerprint density at radius 2 is 1.86 bits per heavy atom. The van der Waals surface area contributed by atoms with Gasteiger partial charge >= 0.3 is 0 Å². The SMILES string of the molecule is NCC(O)C(N)Cc1ccc(F)cc1. The molecule has 1 rings (SSSR count). The second-order valence-corrected chi connectivity index (χ2v) is 3.30. The van der Waals surface area contributed by atoms with Gasteiger partial charge in [0.25, 0.3) is 0 Å². The Morgan fingerprint density at radius 3 is 2.36 bits per heavy atom. The first kappa shape index (κ1) is 11.1. The third-order valence-electron chi connectivity index (χ3n) is 2.12. The number of nitrogens with two attached hydrogens (primary N) is 2. The molecule has 2 unspecified atom stereocenters. The lowest BCUT2D eigenvalue weighted by atomic mass is 10.0. The van der Waals surface area contributed by atoms with Crippen LogP contribution in [0.2, 0.25) is 0 Å². The van der Waals surface area contributed by atoms with Crippen LogP contribution in [0, 0.1) is 5.82 Å². The van der Waals surface area contributed by atoms with E-state index < -0.39 is 12.1 Å². The third kappa shape index (κ3) is 3.06. The van der Waals surface area contributed by atoms with Crippen molar-refractivity contribution in [1.82, 2.24) is 0 Å². The van der Waals surface area contributed by atoms with Gasteiger partial charge in [-0.1, -0.05) is 12.1 Å². The van der Waals surface area contributed by atoms with Gasteiger partial charge in [-0.15, -0.1) is 0 Å². The minimum atomic E-state index is -0.708. The summed E-state index contributed by atoms with van der Waals surface area (Å²) in [6, 6.07) is 5.65. The summed E-state index contributed by atoms with van der Waals surface area (Å²) >= 11 is 0. The summed E-state index contributed by atoms with van der Waals surface area (Å²) in [5, 5.41) is 9.32. The second kappa shape index (κ2) is 5.05. The molecule has 1 aromatic rings. The van der Waals surface area contributed by atoms with Crippen LogP contribution in [-0.2, 0) is 6.42 Å². The maximum Gasteiger partial charge on any atom is 0.123 e. The van der Waals surface area contributed by atoms with Crippen LogP contribution in [0.15, 0.2) is 24.3 Å². The van der Waals surface area contributed by atoms with Gasteiger partial charge in [-0.05, 0) is 24.1 Å². The first-order chi connectivity index (χ1) is 6.63. The minimum Gasteiger partial charge on any atom is -0.390 e. The van der Waals surface area contributed by atoms with Crippen molar-refractivity contribution in [2.24, 2.45) is 11.5 Å². The highest BCUT2D eigenvalue weighted by atomic mass is 19.1. The maximum absolute atomic E-state index is 12.5. The predicted octanol–water partition coefficient (Wildman–Crippen LogP) is 0.0151. The lowest BCUT2D eigenvalue weighted by molar-refractivity contribution is 0.152. The van der Waals surface area contributed by atoms with E-state index in [1.165, 1.54) is 12.1 Å².